The quantitative estimate of drug-likeness (QED) is 0.798. The van der Waals surface area contributed by atoms with Crippen LogP contribution in [0.2, 0.25) is 0 Å². The molecule has 1 aliphatic rings. The molecular formula is C14H20N2O3. The summed E-state index contributed by atoms with van der Waals surface area (Å²) in [5.74, 6) is -0.865. The second kappa shape index (κ2) is 6.14. The van der Waals surface area contributed by atoms with E-state index >= 15 is 0 Å². The molecule has 19 heavy (non-hydrogen) atoms. The van der Waals surface area contributed by atoms with Crippen molar-refractivity contribution >= 4 is 5.97 Å². The number of carboxylic acid groups (broad SMARTS) is 1. The van der Waals surface area contributed by atoms with Gasteiger partial charge in [0.1, 0.15) is 0 Å². The highest BCUT2D eigenvalue weighted by atomic mass is 16.4. The van der Waals surface area contributed by atoms with Crippen LogP contribution in [-0.2, 0) is 11.3 Å². The summed E-state index contributed by atoms with van der Waals surface area (Å²) >= 11 is 0. The average molecular weight is 264 g/mol. The summed E-state index contributed by atoms with van der Waals surface area (Å²) in [5, 5.41) is 18.8. The highest BCUT2D eigenvalue weighted by molar-refractivity contribution is 5.69. The van der Waals surface area contributed by atoms with Gasteiger partial charge in [0.2, 0.25) is 0 Å². The monoisotopic (exact) mass is 264 g/mol. The molecule has 2 N–H and O–H groups in total. The number of likely N-dealkylation sites (N-methyl/N-ethyl adjacent to an activating group) is 1. The summed E-state index contributed by atoms with van der Waals surface area (Å²) in [5.41, 5.74) is 1.20. The number of hydrogen-bond acceptors (Lipinski definition) is 4. The summed E-state index contributed by atoms with van der Waals surface area (Å²) in [6, 6.07) is 9.97. The van der Waals surface area contributed by atoms with Crippen molar-refractivity contribution in [3.63, 3.8) is 0 Å². The van der Waals surface area contributed by atoms with Gasteiger partial charge in [-0.15, -0.1) is 0 Å². The number of carbonyl (C=O) groups is 1. The molecule has 2 rings (SSSR count). The van der Waals surface area contributed by atoms with E-state index in [1.54, 1.807) is 11.9 Å². The Labute approximate surface area is 113 Å². The summed E-state index contributed by atoms with van der Waals surface area (Å²) in [4.78, 5) is 14.6. The van der Waals surface area contributed by atoms with E-state index in [1.165, 1.54) is 5.56 Å². The first-order chi connectivity index (χ1) is 9.06. The Balaban J connectivity index is 1.92. The van der Waals surface area contributed by atoms with E-state index in [2.05, 4.69) is 17.0 Å². The largest absolute Gasteiger partial charge is 0.480 e. The molecule has 1 fully saturated rings. The molecule has 1 heterocycles. The highest BCUT2D eigenvalue weighted by Gasteiger charge is 2.34. The number of aliphatic hydroxyl groups is 1. The van der Waals surface area contributed by atoms with Gasteiger partial charge in [0.05, 0.1) is 12.6 Å². The molecule has 0 bridgehead atoms. The van der Waals surface area contributed by atoms with Crippen molar-refractivity contribution in [3.8, 4) is 0 Å². The lowest BCUT2D eigenvalue weighted by atomic mass is 10.2. The molecule has 5 nitrogen and oxygen atoms in total. The lowest BCUT2D eigenvalue weighted by Gasteiger charge is -2.24. The molecule has 0 amide bonds. The van der Waals surface area contributed by atoms with Gasteiger partial charge in [0.25, 0.3) is 0 Å². The zero-order chi connectivity index (χ0) is 13.8. The second-order valence-corrected chi connectivity index (χ2v) is 5.12. The minimum Gasteiger partial charge on any atom is -0.480 e. The normalized spacial score (nSPS) is 23.9. The molecular weight excluding hydrogens is 244 g/mol. The highest BCUT2D eigenvalue weighted by Crippen LogP contribution is 2.17. The Hall–Kier alpha value is -1.43. The van der Waals surface area contributed by atoms with Gasteiger partial charge in [-0.3, -0.25) is 14.6 Å². The molecule has 0 spiro atoms. The van der Waals surface area contributed by atoms with Crippen molar-refractivity contribution in [1.82, 2.24) is 9.80 Å². The van der Waals surface area contributed by atoms with Gasteiger partial charge in [0, 0.05) is 25.7 Å². The number of rotatable bonds is 5. The third kappa shape index (κ3) is 3.76. The van der Waals surface area contributed by atoms with Crippen LogP contribution in [0.1, 0.15) is 5.56 Å². The van der Waals surface area contributed by atoms with Crippen LogP contribution in [0.4, 0.5) is 0 Å². The number of nitrogens with zero attached hydrogens (tertiary/aromatic N) is 2. The van der Waals surface area contributed by atoms with Crippen molar-refractivity contribution in [3.05, 3.63) is 35.9 Å². The van der Waals surface area contributed by atoms with Crippen LogP contribution in [0.25, 0.3) is 0 Å². The fourth-order valence-electron chi connectivity index (χ4n) is 2.58. The molecule has 2 atom stereocenters. The lowest BCUT2D eigenvalue weighted by molar-refractivity contribution is -0.138. The number of aliphatic carboxylic acids is 1. The fraction of sp³-hybridized carbons (Fsp3) is 0.500. The van der Waals surface area contributed by atoms with Crippen LogP contribution in [0, 0.1) is 0 Å². The maximum absolute atomic E-state index is 10.7. The maximum atomic E-state index is 10.7. The van der Waals surface area contributed by atoms with Crippen LogP contribution in [0.3, 0.4) is 0 Å². The molecule has 1 aromatic carbocycles. The van der Waals surface area contributed by atoms with Gasteiger partial charge in [-0.1, -0.05) is 30.3 Å². The minimum atomic E-state index is -0.865. The second-order valence-electron chi connectivity index (χ2n) is 5.12. The van der Waals surface area contributed by atoms with E-state index in [0.29, 0.717) is 13.1 Å². The molecule has 5 heteroatoms. The average Bonchev–Trinajstić information content (AvgIpc) is 2.70. The van der Waals surface area contributed by atoms with Crippen molar-refractivity contribution in [2.24, 2.45) is 0 Å². The van der Waals surface area contributed by atoms with Gasteiger partial charge in [-0.2, -0.15) is 0 Å². The minimum absolute atomic E-state index is 0.0408. The van der Waals surface area contributed by atoms with Crippen LogP contribution < -0.4 is 0 Å². The number of aliphatic hydroxyl groups excluding tert-OH is 1. The number of β-amino-alcohol motifs (C(OH)–C–C–N with tert-alkyl or cyclic N) is 1. The zero-order valence-electron chi connectivity index (χ0n) is 11.1. The van der Waals surface area contributed by atoms with Gasteiger partial charge in [0.15, 0.2) is 0 Å². The van der Waals surface area contributed by atoms with Gasteiger partial charge >= 0.3 is 5.97 Å². The summed E-state index contributed by atoms with van der Waals surface area (Å²) in [7, 11) is 1.74. The van der Waals surface area contributed by atoms with Crippen LogP contribution >= 0.6 is 0 Å². The van der Waals surface area contributed by atoms with Crippen LogP contribution in [-0.4, -0.2) is 64.8 Å². The first-order valence-corrected chi connectivity index (χ1v) is 6.42. The zero-order valence-corrected chi connectivity index (χ0v) is 11.1. The molecule has 104 valence electrons. The number of hydrogen-bond donors (Lipinski definition) is 2. The number of likely N-dealkylation sites (tertiary alicyclic amines) is 1. The van der Waals surface area contributed by atoms with Gasteiger partial charge in [-0.05, 0) is 12.6 Å². The Morgan fingerprint density at radius 1 is 1.37 bits per heavy atom. The Morgan fingerprint density at radius 2 is 2.05 bits per heavy atom. The smallest absolute Gasteiger partial charge is 0.317 e. The van der Waals surface area contributed by atoms with E-state index in [0.717, 1.165) is 6.54 Å². The number of benzene rings is 1. The lowest BCUT2D eigenvalue weighted by Crippen LogP contribution is -2.43. The molecule has 0 unspecified atom stereocenters. The predicted octanol–water partition coefficient (Wildman–Crippen LogP) is 0.248. The maximum Gasteiger partial charge on any atom is 0.317 e. The van der Waals surface area contributed by atoms with E-state index < -0.39 is 12.1 Å². The van der Waals surface area contributed by atoms with E-state index in [-0.39, 0.29) is 12.6 Å². The van der Waals surface area contributed by atoms with Crippen molar-refractivity contribution in [2.45, 2.75) is 18.7 Å². The van der Waals surface area contributed by atoms with E-state index in [9.17, 15) is 9.90 Å². The first kappa shape index (κ1) is 14.0. The third-order valence-corrected chi connectivity index (χ3v) is 3.53. The Bertz CT molecular complexity index is 424. The molecule has 0 saturated carbocycles. The molecule has 0 aromatic heterocycles. The van der Waals surface area contributed by atoms with Crippen molar-refractivity contribution in [1.29, 1.82) is 0 Å². The molecule has 1 aliphatic heterocycles. The molecule has 1 aromatic rings. The van der Waals surface area contributed by atoms with Crippen LogP contribution in [0.5, 0.6) is 0 Å². The van der Waals surface area contributed by atoms with E-state index in [4.69, 9.17) is 5.11 Å². The van der Waals surface area contributed by atoms with Crippen molar-refractivity contribution in [2.75, 3.05) is 26.7 Å². The van der Waals surface area contributed by atoms with Gasteiger partial charge < -0.3 is 10.2 Å². The first-order valence-electron chi connectivity index (χ1n) is 6.42. The molecule has 1 saturated heterocycles. The summed E-state index contributed by atoms with van der Waals surface area (Å²) in [6.45, 7) is 2.03. The molecule has 0 radical (unpaired) electrons. The van der Waals surface area contributed by atoms with Gasteiger partial charge in [-0.25, -0.2) is 0 Å². The molecule has 0 aliphatic carbocycles. The summed E-state index contributed by atoms with van der Waals surface area (Å²) in [6.07, 6.45) is -0.493. The Kier molecular flexibility index (Phi) is 4.52. The van der Waals surface area contributed by atoms with Crippen LogP contribution in [0.15, 0.2) is 30.3 Å². The SMILES string of the molecule is CN(CC(=O)O)[C@H]1CN(Cc2ccccc2)C[C@H]1O. The number of carboxylic acids is 1. The Morgan fingerprint density at radius 3 is 2.68 bits per heavy atom. The van der Waals surface area contributed by atoms with E-state index in [1.807, 2.05) is 18.2 Å². The van der Waals surface area contributed by atoms with Crippen molar-refractivity contribution < 1.29 is 15.0 Å². The predicted molar refractivity (Wildman–Crippen MR) is 71.8 cm³/mol. The topological polar surface area (TPSA) is 64.0 Å². The standard InChI is InChI=1S/C14H20N2O3/c1-15(10-14(18)19)12-8-16(9-13(12)17)7-11-5-3-2-4-6-11/h2-6,12-13,17H,7-10H2,1H3,(H,18,19)/t12-,13+/m0/s1. The third-order valence-electron chi connectivity index (χ3n) is 3.53. The summed E-state index contributed by atoms with van der Waals surface area (Å²) < 4.78 is 0. The fourth-order valence-corrected chi connectivity index (χ4v) is 2.58.